The van der Waals surface area contributed by atoms with E-state index in [1.165, 1.54) is 5.56 Å². The van der Waals surface area contributed by atoms with Crippen molar-refractivity contribution in [1.82, 2.24) is 10.2 Å². The van der Waals surface area contributed by atoms with Gasteiger partial charge in [-0.3, -0.25) is 14.9 Å². The number of hydrogen-bond acceptors (Lipinski definition) is 3. The summed E-state index contributed by atoms with van der Waals surface area (Å²) in [6, 6.07) is 8.03. The van der Waals surface area contributed by atoms with Crippen LogP contribution in [0.15, 0.2) is 24.3 Å². The fourth-order valence-corrected chi connectivity index (χ4v) is 2.63. The third-order valence-electron chi connectivity index (χ3n) is 3.96. The van der Waals surface area contributed by atoms with Crippen LogP contribution in [0, 0.1) is 0 Å². The summed E-state index contributed by atoms with van der Waals surface area (Å²) < 4.78 is 0. The first-order chi connectivity index (χ1) is 10.6. The number of anilines is 1. The minimum atomic E-state index is -0.159. The molecular weight excluding hydrogens is 278 g/mol. The molecule has 1 aliphatic rings. The second kappa shape index (κ2) is 7.94. The average Bonchev–Trinajstić information content (AvgIpc) is 2.51. The molecule has 1 heterocycles. The van der Waals surface area contributed by atoms with Crippen molar-refractivity contribution in [2.75, 3.05) is 18.5 Å². The second-order valence-corrected chi connectivity index (χ2v) is 5.74. The largest absolute Gasteiger partial charge is 0.325 e. The van der Waals surface area contributed by atoms with Crippen molar-refractivity contribution in [3.05, 3.63) is 29.8 Å². The Kier molecular flexibility index (Phi) is 5.95. The lowest BCUT2D eigenvalue weighted by Gasteiger charge is -2.32. The maximum absolute atomic E-state index is 12.1. The molecule has 5 heteroatoms. The lowest BCUT2D eigenvalue weighted by Crippen LogP contribution is -2.52. The molecule has 0 saturated carbocycles. The molecule has 0 radical (unpaired) electrons. The number of aryl methyl sites for hydroxylation is 1. The highest BCUT2D eigenvalue weighted by atomic mass is 16.2. The van der Waals surface area contributed by atoms with E-state index in [9.17, 15) is 9.59 Å². The molecule has 0 aromatic heterocycles. The van der Waals surface area contributed by atoms with E-state index in [2.05, 4.69) is 24.5 Å². The fourth-order valence-electron chi connectivity index (χ4n) is 2.63. The van der Waals surface area contributed by atoms with Crippen molar-refractivity contribution < 1.29 is 9.59 Å². The summed E-state index contributed by atoms with van der Waals surface area (Å²) in [7, 11) is 0. The van der Waals surface area contributed by atoms with Gasteiger partial charge in [0.15, 0.2) is 0 Å². The monoisotopic (exact) mass is 303 g/mol. The Labute approximate surface area is 132 Å². The van der Waals surface area contributed by atoms with Crippen LogP contribution in [-0.2, 0) is 16.0 Å². The highest BCUT2D eigenvalue weighted by Gasteiger charge is 2.25. The third-order valence-corrected chi connectivity index (χ3v) is 3.96. The summed E-state index contributed by atoms with van der Waals surface area (Å²) in [5.41, 5.74) is 2.00. The van der Waals surface area contributed by atoms with Crippen LogP contribution in [0.4, 0.5) is 5.69 Å². The van der Waals surface area contributed by atoms with Gasteiger partial charge in [-0.25, -0.2) is 0 Å². The average molecular weight is 303 g/mol. The van der Waals surface area contributed by atoms with E-state index in [0.29, 0.717) is 13.1 Å². The van der Waals surface area contributed by atoms with Crippen LogP contribution in [0.2, 0.25) is 0 Å². The summed E-state index contributed by atoms with van der Waals surface area (Å²) in [6.07, 6.45) is 3.50. The molecule has 1 unspecified atom stereocenters. The van der Waals surface area contributed by atoms with E-state index in [1.54, 1.807) is 4.90 Å². The van der Waals surface area contributed by atoms with Crippen LogP contribution in [0.3, 0.4) is 0 Å². The highest BCUT2D eigenvalue weighted by molar-refractivity contribution is 5.94. The Hall–Kier alpha value is -1.88. The molecule has 22 heavy (non-hydrogen) atoms. The van der Waals surface area contributed by atoms with Gasteiger partial charge in [-0.1, -0.05) is 32.4 Å². The molecule has 5 nitrogen and oxygen atoms in total. The van der Waals surface area contributed by atoms with E-state index in [4.69, 9.17) is 0 Å². The summed E-state index contributed by atoms with van der Waals surface area (Å²) in [5, 5.41) is 6.15. The molecule has 2 N–H and O–H groups in total. The molecule has 1 aromatic rings. The van der Waals surface area contributed by atoms with Crippen molar-refractivity contribution >= 4 is 17.5 Å². The van der Waals surface area contributed by atoms with Gasteiger partial charge < -0.3 is 10.2 Å². The summed E-state index contributed by atoms with van der Waals surface area (Å²) in [4.78, 5) is 25.7. The lowest BCUT2D eigenvalue weighted by atomic mass is 10.1. The molecule has 1 aromatic carbocycles. The number of nitrogens with one attached hydrogen (secondary N) is 2. The Balaban J connectivity index is 1.82. The van der Waals surface area contributed by atoms with Crippen molar-refractivity contribution in [1.29, 1.82) is 0 Å². The first kappa shape index (κ1) is 16.5. The summed E-state index contributed by atoms with van der Waals surface area (Å²) in [5.74, 6) is -0.109. The van der Waals surface area contributed by atoms with Gasteiger partial charge in [0.05, 0.1) is 6.67 Å². The molecule has 120 valence electrons. The molecule has 1 fully saturated rings. The molecule has 0 aliphatic carbocycles. The Morgan fingerprint density at radius 1 is 1.32 bits per heavy atom. The fraction of sp³-hybridized carbons (Fsp3) is 0.529. The molecular formula is C17H25N3O2. The topological polar surface area (TPSA) is 61.4 Å². The van der Waals surface area contributed by atoms with Gasteiger partial charge >= 0.3 is 0 Å². The van der Waals surface area contributed by atoms with Crippen molar-refractivity contribution in [3.63, 3.8) is 0 Å². The van der Waals surface area contributed by atoms with Crippen molar-refractivity contribution in [2.24, 2.45) is 0 Å². The number of amides is 2. The lowest BCUT2D eigenvalue weighted by molar-refractivity contribution is -0.138. The number of carbonyl (C=O) groups excluding carboxylic acids is 2. The zero-order valence-electron chi connectivity index (χ0n) is 13.4. The van der Waals surface area contributed by atoms with Crippen LogP contribution in [-0.4, -0.2) is 36.0 Å². The maximum atomic E-state index is 12.1. The van der Waals surface area contributed by atoms with Gasteiger partial charge in [0.2, 0.25) is 11.8 Å². The molecule has 0 spiro atoms. The number of benzene rings is 1. The zero-order chi connectivity index (χ0) is 15.9. The Morgan fingerprint density at radius 2 is 2.05 bits per heavy atom. The second-order valence-electron chi connectivity index (χ2n) is 5.74. The number of carbonyl (C=O) groups is 2. The molecule has 2 amide bonds. The molecule has 1 saturated heterocycles. The smallest absolute Gasteiger partial charge is 0.244 e. The summed E-state index contributed by atoms with van der Waals surface area (Å²) in [6.45, 7) is 4.75. The maximum Gasteiger partial charge on any atom is 0.244 e. The minimum absolute atomic E-state index is 0.0497. The van der Waals surface area contributed by atoms with Gasteiger partial charge in [-0.05, 0) is 30.5 Å². The predicted molar refractivity (Wildman–Crippen MR) is 87.5 cm³/mol. The van der Waals surface area contributed by atoms with Gasteiger partial charge in [-0.15, -0.1) is 0 Å². The van der Waals surface area contributed by atoms with E-state index < -0.39 is 0 Å². The minimum Gasteiger partial charge on any atom is -0.325 e. The quantitative estimate of drug-likeness (QED) is 0.846. The SMILES string of the molecule is CCCC1CC(=O)N(CC(=O)Nc2ccc(CC)cc2)CN1. The van der Waals surface area contributed by atoms with Gasteiger partial charge in [0.25, 0.3) is 0 Å². The van der Waals surface area contributed by atoms with E-state index in [-0.39, 0.29) is 24.4 Å². The van der Waals surface area contributed by atoms with E-state index in [1.807, 2.05) is 24.3 Å². The molecule has 2 rings (SSSR count). The molecule has 0 bridgehead atoms. The Morgan fingerprint density at radius 3 is 2.64 bits per heavy atom. The third kappa shape index (κ3) is 4.56. The predicted octanol–water partition coefficient (Wildman–Crippen LogP) is 2.14. The van der Waals surface area contributed by atoms with E-state index >= 15 is 0 Å². The van der Waals surface area contributed by atoms with Gasteiger partial charge in [0, 0.05) is 18.2 Å². The highest BCUT2D eigenvalue weighted by Crippen LogP contribution is 2.12. The first-order valence-electron chi connectivity index (χ1n) is 8.02. The van der Waals surface area contributed by atoms with Crippen LogP contribution >= 0.6 is 0 Å². The van der Waals surface area contributed by atoms with Crippen LogP contribution in [0.25, 0.3) is 0 Å². The standard InChI is InChI=1S/C17H25N3O2/c1-3-5-15-10-17(22)20(12-18-15)11-16(21)19-14-8-6-13(4-2)7-9-14/h6-9,15,18H,3-5,10-12H2,1-2H3,(H,19,21). The van der Waals surface area contributed by atoms with Crippen LogP contribution in [0.5, 0.6) is 0 Å². The normalized spacial score (nSPS) is 18.4. The zero-order valence-corrected chi connectivity index (χ0v) is 13.4. The molecule has 1 atom stereocenters. The van der Waals surface area contributed by atoms with Crippen LogP contribution in [0.1, 0.15) is 38.7 Å². The summed E-state index contributed by atoms with van der Waals surface area (Å²) >= 11 is 0. The van der Waals surface area contributed by atoms with Gasteiger partial charge in [0.1, 0.15) is 6.54 Å². The van der Waals surface area contributed by atoms with E-state index in [0.717, 1.165) is 24.9 Å². The van der Waals surface area contributed by atoms with Crippen LogP contribution < -0.4 is 10.6 Å². The van der Waals surface area contributed by atoms with Crippen molar-refractivity contribution in [2.45, 2.75) is 45.6 Å². The first-order valence-corrected chi connectivity index (χ1v) is 8.02. The number of rotatable bonds is 6. The molecule has 1 aliphatic heterocycles. The number of hydrogen-bond donors (Lipinski definition) is 2. The van der Waals surface area contributed by atoms with Gasteiger partial charge in [-0.2, -0.15) is 0 Å². The van der Waals surface area contributed by atoms with Crippen molar-refractivity contribution in [3.8, 4) is 0 Å². The number of nitrogens with zero attached hydrogens (tertiary/aromatic N) is 1. The Bertz CT molecular complexity index is 513.